The topological polar surface area (TPSA) is 52.8 Å². The number of benzene rings is 2. The van der Waals surface area contributed by atoms with Crippen molar-refractivity contribution in [2.24, 2.45) is 4.99 Å². The summed E-state index contributed by atoms with van der Waals surface area (Å²) in [6, 6.07) is 11.9. The third-order valence-corrected chi connectivity index (χ3v) is 2.71. The molecule has 0 bridgehead atoms. The lowest BCUT2D eigenvalue weighted by molar-refractivity contribution is 0.474. The standard InChI is InChI=1S/C13H10BrNO2/c14-10-5-6-11(13(17)7-10)15-8-9-3-1-2-4-12(9)16/h1-8,16-17H. The number of phenolic OH excluding ortho intramolecular Hbond substituents is 2. The van der Waals surface area contributed by atoms with Gasteiger partial charge in [-0.1, -0.05) is 28.1 Å². The zero-order chi connectivity index (χ0) is 12.3. The molecule has 0 unspecified atom stereocenters. The van der Waals surface area contributed by atoms with Gasteiger partial charge in [-0.2, -0.15) is 0 Å². The molecule has 0 spiro atoms. The molecule has 0 amide bonds. The lowest BCUT2D eigenvalue weighted by atomic mass is 10.2. The van der Waals surface area contributed by atoms with E-state index >= 15 is 0 Å². The molecule has 0 aliphatic heterocycles. The van der Waals surface area contributed by atoms with Crippen molar-refractivity contribution in [2.45, 2.75) is 0 Å². The molecule has 4 heteroatoms. The van der Waals surface area contributed by atoms with E-state index in [1.165, 1.54) is 6.21 Å². The van der Waals surface area contributed by atoms with Crippen LogP contribution in [0.4, 0.5) is 5.69 Å². The first-order valence-electron chi connectivity index (χ1n) is 4.97. The van der Waals surface area contributed by atoms with Crippen LogP contribution in [0.5, 0.6) is 11.5 Å². The summed E-state index contributed by atoms with van der Waals surface area (Å²) >= 11 is 3.25. The maximum absolute atomic E-state index is 9.63. The number of aliphatic imine (C=N–C) groups is 1. The Hall–Kier alpha value is -1.81. The number of phenols is 2. The molecule has 0 atom stereocenters. The Bertz CT molecular complexity index is 567. The minimum Gasteiger partial charge on any atom is -0.507 e. The lowest BCUT2D eigenvalue weighted by Gasteiger charge is -2.00. The van der Waals surface area contributed by atoms with Crippen LogP contribution in [0.1, 0.15) is 5.56 Å². The highest BCUT2D eigenvalue weighted by molar-refractivity contribution is 9.10. The van der Waals surface area contributed by atoms with E-state index < -0.39 is 0 Å². The Morgan fingerprint density at radius 3 is 2.47 bits per heavy atom. The highest BCUT2D eigenvalue weighted by Gasteiger charge is 2.00. The first-order valence-corrected chi connectivity index (χ1v) is 5.77. The third kappa shape index (κ3) is 2.85. The molecule has 2 N–H and O–H groups in total. The van der Waals surface area contributed by atoms with Gasteiger partial charge in [0.05, 0.1) is 0 Å². The average molecular weight is 292 g/mol. The minimum atomic E-state index is 0.0889. The molecular formula is C13H10BrNO2. The number of hydrogen-bond acceptors (Lipinski definition) is 3. The fourth-order valence-corrected chi connectivity index (χ4v) is 1.69. The van der Waals surface area contributed by atoms with Crippen molar-refractivity contribution in [1.82, 2.24) is 0 Å². The van der Waals surface area contributed by atoms with E-state index in [-0.39, 0.29) is 11.5 Å². The third-order valence-electron chi connectivity index (χ3n) is 2.22. The van der Waals surface area contributed by atoms with Gasteiger partial charge in [-0.15, -0.1) is 0 Å². The smallest absolute Gasteiger partial charge is 0.142 e. The van der Waals surface area contributed by atoms with Crippen LogP contribution < -0.4 is 0 Å². The van der Waals surface area contributed by atoms with Crippen molar-refractivity contribution in [3.63, 3.8) is 0 Å². The first kappa shape index (κ1) is 11.7. The summed E-state index contributed by atoms with van der Waals surface area (Å²) in [6.45, 7) is 0. The van der Waals surface area contributed by atoms with E-state index in [4.69, 9.17) is 0 Å². The zero-order valence-corrected chi connectivity index (χ0v) is 10.4. The number of hydrogen-bond donors (Lipinski definition) is 2. The highest BCUT2D eigenvalue weighted by atomic mass is 79.9. The van der Waals surface area contributed by atoms with Crippen molar-refractivity contribution in [3.8, 4) is 11.5 Å². The molecule has 0 aromatic heterocycles. The molecule has 3 nitrogen and oxygen atoms in total. The van der Waals surface area contributed by atoms with Gasteiger partial charge in [0, 0.05) is 16.3 Å². The number of nitrogens with zero attached hydrogens (tertiary/aromatic N) is 1. The molecule has 2 rings (SSSR count). The van der Waals surface area contributed by atoms with Crippen LogP contribution in [0, 0.1) is 0 Å². The normalized spacial score (nSPS) is 10.9. The van der Waals surface area contributed by atoms with Crippen LogP contribution in [-0.4, -0.2) is 16.4 Å². The van der Waals surface area contributed by atoms with Crippen molar-refractivity contribution >= 4 is 27.8 Å². The second kappa shape index (κ2) is 5.01. The van der Waals surface area contributed by atoms with Gasteiger partial charge < -0.3 is 10.2 Å². The SMILES string of the molecule is Oc1ccccc1C=Nc1ccc(Br)cc1O. The van der Waals surface area contributed by atoms with E-state index in [1.54, 1.807) is 36.4 Å². The van der Waals surface area contributed by atoms with E-state index in [0.717, 1.165) is 4.47 Å². The fourth-order valence-electron chi connectivity index (χ4n) is 1.34. The predicted octanol–water partition coefficient (Wildman–Crippen LogP) is 3.61. The van der Waals surface area contributed by atoms with Gasteiger partial charge in [-0.25, -0.2) is 0 Å². The van der Waals surface area contributed by atoms with E-state index in [9.17, 15) is 10.2 Å². The molecule has 0 radical (unpaired) electrons. The summed E-state index contributed by atoms with van der Waals surface area (Å²) in [4.78, 5) is 4.12. The number of rotatable bonds is 2. The summed E-state index contributed by atoms with van der Waals surface area (Å²) in [5, 5.41) is 19.2. The van der Waals surface area contributed by atoms with Gasteiger partial charge in [-0.3, -0.25) is 4.99 Å². The Balaban J connectivity index is 2.29. The van der Waals surface area contributed by atoms with Gasteiger partial charge in [0.15, 0.2) is 0 Å². The molecule has 2 aromatic rings. The zero-order valence-electron chi connectivity index (χ0n) is 8.84. The Morgan fingerprint density at radius 2 is 1.76 bits per heavy atom. The summed E-state index contributed by atoms with van der Waals surface area (Å²) < 4.78 is 0.788. The molecule has 2 aromatic carbocycles. The van der Waals surface area contributed by atoms with Crippen LogP contribution in [0.25, 0.3) is 0 Å². The molecule has 0 saturated carbocycles. The first-order chi connectivity index (χ1) is 8.16. The van der Waals surface area contributed by atoms with Crippen LogP contribution in [0.3, 0.4) is 0 Å². The molecule has 0 heterocycles. The number of aromatic hydroxyl groups is 2. The monoisotopic (exact) mass is 291 g/mol. The van der Waals surface area contributed by atoms with Crippen molar-refractivity contribution in [3.05, 3.63) is 52.5 Å². The summed E-state index contributed by atoms with van der Waals surface area (Å²) in [6.07, 6.45) is 1.51. The van der Waals surface area contributed by atoms with Crippen molar-refractivity contribution < 1.29 is 10.2 Å². The molecule has 86 valence electrons. The minimum absolute atomic E-state index is 0.0889. The predicted molar refractivity (Wildman–Crippen MR) is 71.2 cm³/mol. The summed E-state index contributed by atoms with van der Waals surface area (Å²) in [5.41, 5.74) is 1.06. The summed E-state index contributed by atoms with van der Waals surface area (Å²) in [5.74, 6) is 0.249. The number of halogens is 1. The van der Waals surface area contributed by atoms with Crippen LogP contribution in [0.15, 0.2) is 51.9 Å². The second-order valence-corrected chi connectivity index (χ2v) is 4.37. The maximum atomic E-state index is 9.63. The van der Waals surface area contributed by atoms with Crippen LogP contribution in [-0.2, 0) is 0 Å². The largest absolute Gasteiger partial charge is 0.507 e. The number of para-hydroxylation sites is 1. The fraction of sp³-hybridized carbons (Fsp3) is 0. The molecule has 17 heavy (non-hydrogen) atoms. The van der Waals surface area contributed by atoms with Gasteiger partial charge >= 0.3 is 0 Å². The van der Waals surface area contributed by atoms with Gasteiger partial charge in [0.2, 0.25) is 0 Å². The Kier molecular flexibility index (Phi) is 3.44. The van der Waals surface area contributed by atoms with E-state index in [0.29, 0.717) is 11.3 Å². The van der Waals surface area contributed by atoms with E-state index in [1.807, 2.05) is 6.07 Å². The molecule has 0 aliphatic carbocycles. The molecule has 0 aliphatic rings. The quantitative estimate of drug-likeness (QED) is 0.831. The Labute approximate surface area is 107 Å². The Morgan fingerprint density at radius 1 is 1.00 bits per heavy atom. The summed E-state index contributed by atoms with van der Waals surface area (Å²) in [7, 11) is 0. The van der Waals surface area contributed by atoms with Gasteiger partial charge in [-0.05, 0) is 30.3 Å². The van der Waals surface area contributed by atoms with Gasteiger partial charge in [0.1, 0.15) is 17.2 Å². The van der Waals surface area contributed by atoms with Crippen molar-refractivity contribution in [1.29, 1.82) is 0 Å². The molecule has 0 saturated heterocycles. The van der Waals surface area contributed by atoms with Crippen LogP contribution >= 0.6 is 15.9 Å². The molecule has 0 fully saturated rings. The highest BCUT2D eigenvalue weighted by Crippen LogP contribution is 2.29. The lowest BCUT2D eigenvalue weighted by Crippen LogP contribution is -1.81. The van der Waals surface area contributed by atoms with Gasteiger partial charge in [0.25, 0.3) is 0 Å². The second-order valence-electron chi connectivity index (χ2n) is 3.45. The molecular weight excluding hydrogens is 282 g/mol. The van der Waals surface area contributed by atoms with E-state index in [2.05, 4.69) is 20.9 Å². The maximum Gasteiger partial charge on any atom is 0.142 e. The van der Waals surface area contributed by atoms with Crippen molar-refractivity contribution in [2.75, 3.05) is 0 Å². The average Bonchev–Trinajstić information content (AvgIpc) is 2.30. The van der Waals surface area contributed by atoms with Crippen LogP contribution in [0.2, 0.25) is 0 Å².